The van der Waals surface area contributed by atoms with Crippen LogP contribution in [-0.2, 0) is 4.79 Å². The molecule has 0 saturated carbocycles. The van der Waals surface area contributed by atoms with Crippen LogP contribution in [0.3, 0.4) is 0 Å². The summed E-state index contributed by atoms with van der Waals surface area (Å²) < 4.78 is 5.30. The number of amides is 1. The molecule has 1 aromatic carbocycles. The topological polar surface area (TPSA) is 53.6 Å². The highest BCUT2D eigenvalue weighted by molar-refractivity contribution is 5.85. The average molecular weight is 390 g/mol. The Balaban J connectivity index is 0.00000156. The Morgan fingerprint density at radius 2 is 2.16 bits per heavy atom. The largest absolute Gasteiger partial charge is 0.497 e. The standard InChI is InChI=1S/C18H27N3O2.2ClH/c1-23-16-6-4-5-15(11-16)21-10-8-14(13-21)12-20-18(22)17-7-2-3-9-19-17;;/h4-6,11,14,17,19H,2-3,7-10,12-13H2,1H3,(H,20,22);2*1H/t14?,17-;;/m1../s1. The molecule has 1 unspecified atom stereocenters. The van der Waals surface area contributed by atoms with Crippen molar-refractivity contribution in [2.45, 2.75) is 31.7 Å². The number of carbonyl (C=O) groups excluding carboxylic acids is 1. The summed E-state index contributed by atoms with van der Waals surface area (Å²) in [5, 5.41) is 6.44. The lowest BCUT2D eigenvalue weighted by atomic mass is 10.0. The van der Waals surface area contributed by atoms with E-state index in [1.807, 2.05) is 12.1 Å². The van der Waals surface area contributed by atoms with Gasteiger partial charge in [-0.15, -0.1) is 24.8 Å². The lowest BCUT2D eigenvalue weighted by molar-refractivity contribution is -0.123. The highest BCUT2D eigenvalue weighted by Crippen LogP contribution is 2.26. The molecule has 1 amide bonds. The maximum atomic E-state index is 12.2. The number of piperidine rings is 1. The maximum Gasteiger partial charge on any atom is 0.237 e. The van der Waals surface area contributed by atoms with Gasteiger partial charge in [-0.05, 0) is 43.9 Å². The van der Waals surface area contributed by atoms with E-state index < -0.39 is 0 Å². The number of benzene rings is 1. The molecule has 5 nitrogen and oxygen atoms in total. The first kappa shape index (κ1) is 21.9. The van der Waals surface area contributed by atoms with Crippen LogP contribution in [0.25, 0.3) is 0 Å². The van der Waals surface area contributed by atoms with Crippen LogP contribution in [0, 0.1) is 5.92 Å². The van der Waals surface area contributed by atoms with Crippen LogP contribution in [0.4, 0.5) is 5.69 Å². The summed E-state index contributed by atoms with van der Waals surface area (Å²) in [7, 11) is 1.70. The number of rotatable bonds is 5. The Morgan fingerprint density at radius 1 is 1.32 bits per heavy atom. The molecule has 2 N–H and O–H groups in total. The number of nitrogens with one attached hydrogen (secondary N) is 2. The third-order valence-electron chi connectivity index (χ3n) is 4.90. The molecule has 142 valence electrons. The van der Waals surface area contributed by atoms with Gasteiger partial charge in [-0.2, -0.15) is 0 Å². The highest BCUT2D eigenvalue weighted by Gasteiger charge is 2.25. The number of halogens is 2. The predicted octanol–water partition coefficient (Wildman–Crippen LogP) is 2.62. The second kappa shape index (κ2) is 10.7. The number of methoxy groups -OCH3 is 1. The van der Waals surface area contributed by atoms with Gasteiger partial charge in [0.25, 0.3) is 0 Å². The van der Waals surface area contributed by atoms with Crippen molar-refractivity contribution in [2.75, 3.05) is 38.2 Å². The van der Waals surface area contributed by atoms with Crippen LogP contribution >= 0.6 is 24.8 Å². The minimum Gasteiger partial charge on any atom is -0.497 e. The fraction of sp³-hybridized carbons (Fsp3) is 0.611. The van der Waals surface area contributed by atoms with Gasteiger partial charge in [0.05, 0.1) is 13.2 Å². The normalized spacial score (nSPS) is 22.5. The third kappa shape index (κ3) is 5.94. The molecule has 2 heterocycles. The Morgan fingerprint density at radius 3 is 2.88 bits per heavy atom. The number of nitrogens with zero attached hydrogens (tertiary/aromatic N) is 1. The molecular formula is C18H29Cl2N3O2. The predicted molar refractivity (Wildman–Crippen MR) is 106 cm³/mol. The molecule has 0 bridgehead atoms. The van der Waals surface area contributed by atoms with Gasteiger partial charge in [0.2, 0.25) is 5.91 Å². The lowest BCUT2D eigenvalue weighted by Crippen LogP contribution is -2.47. The number of hydrogen-bond donors (Lipinski definition) is 2. The summed E-state index contributed by atoms with van der Waals surface area (Å²) in [6.45, 7) is 3.77. The van der Waals surface area contributed by atoms with E-state index in [-0.39, 0.29) is 36.8 Å². The molecule has 2 aliphatic rings. The number of anilines is 1. The molecule has 2 fully saturated rings. The first-order valence-corrected chi connectivity index (χ1v) is 8.66. The SMILES string of the molecule is COc1cccc(N2CCC(CNC(=O)[C@H]3CCCCN3)C2)c1.Cl.Cl. The second-order valence-corrected chi connectivity index (χ2v) is 6.55. The van der Waals surface area contributed by atoms with E-state index in [1.165, 1.54) is 12.1 Å². The Bertz CT molecular complexity index is 539. The van der Waals surface area contributed by atoms with Crippen LogP contribution in [0.5, 0.6) is 5.75 Å². The summed E-state index contributed by atoms with van der Waals surface area (Å²) in [6, 6.07) is 8.20. The van der Waals surface area contributed by atoms with E-state index in [9.17, 15) is 4.79 Å². The van der Waals surface area contributed by atoms with Crippen molar-refractivity contribution in [1.29, 1.82) is 0 Å². The van der Waals surface area contributed by atoms with Crippen LogP contribution in [-0.4, -0.2) is 45.2 Å². The van der Waals surface area contributed by atoms with Crippen molar-refractivity contribution < 1.29 is 9.53 Å². The summed E-state index contributed by atoms with van der Waals surface area (Å²) in [5.41, 5.74) is 1.20. The van der Waals surface area contributed by atoms with Crippen LogP contribution < -0.4 is 20.3 Å². The lowest BCUT2D eigenvalue weighted by Gasteiger charge is -2.23. The van der Waals surface area contributed by atoms with Gasteiger partial charge in [-0.3, -0.25) is 4.79 Å². The molecule has 3 rings (SSSR count). The Labute approximate surface area is 162 Å². The van der Waals surface area contributed by atoms with Crippen molar-refractivity contribution in [1.82, 2.24) is 10.6 Å². The molecule has 0 radical (unpaired) electrons. The summed E-state index contributed by atoms with van der Waals surface area (Å²) >= 11 is 0. The summed E-state index contributed by atoms with van der Waals surface area (Å²) in [4.78, 5) is 14.6. The molecule has 0 spiro atoms. The smallest absolute Gasteiger partial charge is 0.237 e. The quantitative estimate of drug-likeness (QED) is 0.812. The molecule has 0 aromatic heterocycles. The average Bonchev–Trinajstić information content (AvgIpc) is 3.09. The number of carbonyl (C=O) groups is 1. The molecule has 7 heteroatoms. The molecular weight excluding hydrogens is 361 g/mol. The minimum atomic E-state index is 0. The Hall–Kier alpha value is -1.17. The van der Waals surface area contributed by atoms with Gasteiger partial charge in [-0.1, -0.05) is 12.5 Å². The zero-order valence-corrected chi connectivity index (χ0v) is 16.3. The highest BCUT2D eigenvalue weighted by atomic mass is 35.5. The molecule has 2 saturated heterocycles. The molecule has 1 aromatic rings. The molecule has 2 aliphatic heterocycles. The number of ether oxygens (including phenoxy) is 1. The summed E-state index contributed by atoms with van der Waals surface area (Å²) in [5.74, 6) is 1.58. The first-order chi connectivity index (χ1) is 11.3. The van der Waals surface area contributed by atoms with Gasteiger partial charge in [-0.25, -0.2) is 0 Å². The molecule has 2 atom stereocenters. The van der Waals surface area contributed by atoms with E-state index in [2.05, 4.69) is 27.7 Å². The van der Waals surface area contributed by atoms with Gasteiger partial charge < -0.3 is 20.3 Å². The van der Waals surface area contributed by atoms with Crippen LogP contribution in [0.15, 0.2) is 24.3 Å². The van der Waals surface area contributed by atoms with E-state index in [0.717, 1.165) is 51.2 Å². The molecule has 0 aliphatic carbocycles. The zero-order chi connectivity index (χ0) is 16.1. The molecule has 25 heavy (non-hydrogen) atoms. The van der Waals surface area contributed by atoms with Crippen molar-refractivity contribution in [3.05, 3.63) is 24.3 Å². The fourth-order valence-corrected chi connectivity index (χ4v) is 3.48. The van der Waals surface area contributed by atoms with Crippen LogP contribution in [0.1, 0.15) is 25.7 Å². The van der Waals surface area contributed by atoms with Gasteiger partial charge in [0.15, 0.2) is 0 Å². The van der Waals surface area contributed by atoms with Crippen molar-refractivity contribution in [2.24, 2.45) is 5.92 Å². The van der Waals surface area contributed by atoms with Gasteiger partial charge >= 0.3 is 0 Å². The van der Waals surface area contributed by atoms with E-state index in [0.29, 0.717) is 5.92 Å². The van der Waals surface area contributed by atoms with E-state index in [1.54, 1.807) is 7.11 Å². The Kier molecular flexibility index (Phi) is 9.39. The fourth-order valence-electron chi connectivity index (χ4n) is 3.48. The van der Waals surface area contributed by atoms with Crippen LogP contribution in [0.2, 0.25) is 0 Å². The van der Waals surface area contributed by atoms with Crippen molar-refractivity contribution in [3.8, 4) is 5.75 Å². The zero-order valence-electron chi connectivity index (χ0n) is 14.7. The minimum absolute atomic E-state index is 0. The van der Waals surface area contributed by atoms with Crippen molar-refractivity contribution in [3.63, 3.8) is 0 Å². The van der Waals surface area contributed by atoms with Crippen molar-refractivity contribution >= 4 is 36.4 Å². The van der Waals surface area contributed by atoms with E-state index >= 15 is 0 Å². The third-order valence-corrected chi connectivity index (χ3v) is 4.90. The van der Waals surface area contributed by atoms with Gasteiger partial charge in [0.1, 0.15) is 5.75 Å². The monoisotopic (exact) mass is 389 g/mol. The van der Waals surface area contributed by atoms with Gasteiger partial charge in [0, 0.05) is 31.4 Å². The summed E-state index contributed by atoms with van der Waals surface area (Å²) in [6.07, 6.45) is 4.42. The van der Waals surface area contributed by atoms with E-state index in [4.69, 9.17) is 4.74 Å². The second-order valence-electron chi connectivity index (χ2n) is 6.55. The maximum absolute atomic E-state index is 12.2. The first-order valence-electron chi connectivity index (χ1n) is 8.66. The number of hydrogen-bond acceptors (Lipinski definition) is 4.